The maximum atomic E-state index is 13.8. The second-order valence-corrected chi connectivity index (χ2v) is 7.46. The van der Waals surface area contributed by atoms with Gasteiger partial charge in [-0.15, -0.1) is 0 Å². The van der Waals surface area contributed by atoms with Crippen molar-refractivity contribution in [1.82, 2.24) is 0 Å². The fraction of sp³-hybridized carbons (Fsp3) is 0.500. The molecule has 0 aliphatic rings. The van der Waals surface area contributed by atoms with Crippen LogP contribution in [0.4, 0.5) is 2.86 Å². The molecule has 0 bridgehead atoms. The molecule has 0 unspecified atom stereocenters. The van der Waals surface area contributed by atoms with Crippen molar-refractivity contribution >= 4 is 20.4 Å². The molecule has 18 heavy (non-hydrogen) atoms. The molecule has 0 atom stereocenters. The second-order valence-electron chi connectivity index (χ2n) is 4.32. The van der Waals surface area contributed by atoms with Crippen LogP contribution in [0, 0.1) is 13.4 Å². The minimum atomic E-state index is -2.67. The molecule has 100 valence electrons. The molecule has 1 rings (SSSR count). The van der Waals surface area contributed by atoms with Gasteiger partial charge in [0.1, 0.15) is 0 Å². The Bertz CT molecular complexity index is 364. The van der Waals surface area contributed by atoms with E-state index in [9.17, 15) is 2.86 Å². The van der Waals surface area contributed by atoms with Crippen molar-refractivity contribution in [3.8, 4) is 9.85 Å². The topological polar surface area (TPSA) is 0 Å². The zero-order valence-electron chi connectivity index (χ0n) is 11.1. The first-order chi connectivity index (χ1) is 8.84. The fourth-order valence-corrected chi connectivity index (χ4v) is 3.64. The molecule has 2 heteroatoms. The molecule has 1 aromatic carbocycles. The third kappa shape index (κ3) is 7.00. The quantitative estimate of drug-likeness (QED) is 0.320. The molecule has 0 amide bonds. The normalized spacial score (nSPS) is 10.7. The van der Waals surface area contributed by atoms with Gasteiger partial charge in [-0.3, -0.25) is 0 Å². The van der Waals surface area contributed by atoms with E-state index in [1.165, 1.54) is 32.1 Å². The summed E-state index contributed by atoms with van der Waals surface area (Å²) < 4.78 is 17.5. The van der Waals surface area contributed by atoms with Crippen LogP contribution < -0.4 is 0 Å². The number of hydrogen-bond donors (Lipinski definition) is 0. The van der Waals surface area contributed by atoms with E-state index in [-0.39, 0.29) is 0 Å². The first-order valence-corrected chi connectivity index (χ1v) is 9.72. The number of rotatable bonds is 7. The molecule has 0 N–H and O–H groups in total. The van der Waals surface area contributed by atoms with E-state index in [1.807, 2.05) is 30.3 Å². The Balaban J connectivity index is 2.14. The van der Waals surface area contributed by atoms with Crippen molar-refractivity contribution in [1.29, 1.82) is 0 Å². The van der Waals surface area contributed by atoms with Crippen LogP contribution >= 0.6 is 20.4 Å². The van der Waals surface area contributed by atoms with Gasteiger partial charge in [-0.05, 0) is 0 Å². The van der Waals surface area contributed by atoms with Crippen molar-refractivity contribution in [2.45, 2.75) is 51.9 Å². The first-order valence-electron chi connectivity index (χ1n) is 6.74. The van der Waals surface area contributed by atoms with Crippen LogP contribution in [0.15, 0.2) is 30.3 Å². The van der Waals surface area contributed by atoms with Gasteiger partial charge in [-0.25, -0.2) is 0 Å². The number of unbranched alkanes of at least 4 members (excludes halogenated alkanes) is 6. The molecule has 1 aromatic rings. The van der Waals surface area contributed by atoms with Crippen LogP contribution in [-0.2, 0) is 0 Å². The zero-order chi connectivity index (χ0) is 13.1. The molecule has 0 fully saturated rings. The third-order valence-electron chi connectivity index (χ3n) is 2.73. The second kappa shape index (κ2) is 10.4. The van der Waals surface area contributed by atoms with E-state index in [1.54, 1.807) is 0 Å². The zero-order valence-corrected chi connectivity index (χ0v) is 13.2. The van der Waals surface area contributed by atoms with Crippen LogP contribution in [0.3, 0.4) is 0 Å². The molecule has 0 spiro atoms. The molecular formula is C16H22FI. The van der Waals surface area contributed by atoms with E-state index < -0.39 is 20.4 Å². The van der Waals surface area contributed by atoms with Crippen molar-refractivity contribution in [3.05, 3.63) is 33.9 Å². The average molecular weight is 360 g/mol. The van der Waals surface area contributed by atoms with Gasteiger partial charge in [-0.1, -0.05) is 0 Å². The summed E-state index contributed by atoms with van der Waals surface area (Å²) in [5.74, 6) is 3.02. The van der Waals surface area contributed by atoms with Crippen LogP contribution in [0.2, 0.25) is 0 Å². The monoisotopic (exact) mass is 360 g/mol. The summed E-state index contributed by atoms with van der Waals surface area (Å²) in [7, 11) is 0. The SMILES string of the molecule is CCCCCCCCC#CI(F)c1ccccc1. The molecule has 0 radical (unpaired) electrons. The first kappa shape index (κ1) is 15.5. The Kier molecular flexibility index (Phi) is 8.93. The van der Waals surface area contributed by atoms with E-state index in [2.05, 4.69) is 16.8 Å². The fourth-order valence-electron chi connectivity index (χ4n) is 1.68. The van der Waals surface area contributed by atoms with Crippen LogP contribution in [-0.4, -0.2) is 0 Å². The van der Waals surface area contributed by atoms with E-state index in [4.69, 9.17) is 0 Å². The van der Waals surface area contributed by atoms with Crippen molar-refractivity contribution in [2.24, 2.45) is 0 Å². The molecule has 0 aliphatic carbocycles. The number of hydrogen-bond acceptors (Lipinski definition) is 0. The molecule has 0 heterocycles. The van der Waals surface area contributed by atoms with Crippen molar-refractivity contribution in [3.63, 3.8) is 0 Å². The Morgan fingerprint density at radius 2 is 1.67 bits per heavy atom. The molecule has 0 aromatic heterocycles. The molecule has 0 saturated carbocycles. The minimum absolute atomic E-state index is 0.817. The summed E-state index contributed by atoms with van der Waals surface area (Å²) in [6.07, 6.45) is 8.46. The van der Waals surface area contributed by atoms with Crippen LogP contribution in [0.25, 0.3) is 0 Å². The average Bonchev–Trinajstić information content (AvgIpc) is 2.42. The van der Waals surface area contributed by atoms with Gasteiger partial charge < -0.3 is 0 Å². The van der Waals surface area contributed by atoms with E-state index in [0.717, 1.165) is 16.4 Å². The van der Waals surface area contributed by atoms with Crippen LogP contribution in [0.1, 0.15) is 51.9 Å². The van der Waals surface area contributed by atoms with E-state index >= 15 is 0 Å². The number of halogens is 2. The number of benzene rings is 1. The van der Waals surface area contributed by atoms with Crippen LogP contribution in [0.5, 0.6) is 0 Å². The standard InChI is InChI=1S/C16H22FI/c1-2-3-4-5-6-7-8-12-15-18(17)16-13-10-9-11-14-16/h9-11,13-14H,2-8H2,1H3. The Labute approximate surface area is 119 Å². The molecule has 0 saturated heterocycles. The van der Waals surface area contributed by atoms with E-state index in [0.29, 0.717) is 0 Å². The Hall–Kier alpha value is -0.560. The summed E-state index contributed by atoms with van der Waals surface area (Å²) in [6, 6.07) is 9.38. The van der Waals surface area contributed by atoms with Crippen molar-refractivity contribution in [2.75, 3.05) is 0 Å². The summed E-state index contributed by atoms with van der Waals surface area (Å²) in [5.41, 5.74) is 0. The van der Waals surface area contributed by atoms with Gasteiger partial charge in [0, 0.05) is 0 Å². The van der Waals surface area contributed by atoms with Gasteiger partial charge in [0.25, 0.3) is 0 Å². The summed E-state index contributed by atoms with van der Waals surface area (Å²) in [4.78, 5) is 0. The van der Waals surface area contributed by atoms with Gasteiger partial charge in [-0.2, -0.15) is 0 Å². The Morgan fingerprint density at radius 3 is 2.39 bits per heavy atom. The molecule has 0 nitrogen and oxygen atoms in total. The predicted octanol–water partition coefficient (Wildman–Crippen LogP) is 5.96. The molecule has 0 aliphatic heterocycles. The Morgan fingerprint density at radius 1 is 1.00 bits per heavy atom. The van der Waals surface area contributed by atoms with Gasteiger partial charge in [0.2, 0.25) is 0 Å². The predicted molar refractivity (Wildman–Crippen MR) is 86.0 cm³/mol. The maximum absolute atomic E-state index is 13.8. The summed E-state index contributed by atoms with van der Waals surface area (Å²) >= 11 is -2.67. The molecular weight excluding hydrogens is 338 g/mol. The van der Waals surface area contributed by atoms with Gasteiger partial charge >= 0.3 is 119 Å². The third-order valence-corrected chi connectivity index (χ3v) is 5.40. The van der Waals surface area contributed by atoms with Gasteiger partial charge in [0.05, 0.1) is 0 Å². The van der Waals surface area contributed by atoms with Gasteiger partial charge in [0.15, 0.2) is 0 Å². The summed E-state index contributed by atoms with van der Waals surface area (Å²) in [5, 5.41) is 0. The van der Waals surface area contributed by atoms with Crippen molar-refractivity contribution < 1.29 is 2.86 Å². The summed E-state index contributed by atoms with van der Waals surface area (Å²) in [6.45, 7) is 2.22.